The summed E-state index contributed by atoms with van der Waals surface area (Å²) >= 11 is 0. The van der Waals surface area contributed by atoms with E-state index in [2.05, 4.69) is 22.3 Å². The first kappa shape index (κ1) is 18.3. The van der Waals surface area contributed by atoms with Crippen molar-refractivity contribution in [3.05, 3.63) is 28.8 Å². The summed E-state index contributed by atoms with van der Waals surface area (Å²) in [7, 11) is 1.76. The maximum absolute atomic E-state index is 12.2. The molecule has 2 fully saturated rings. The highest BCUT2D eigenvalue weighted by molar-refractivity contribution is 5.84. The molecule has 1 aliphatic carbocycles. The lowest BCUT2D eigenvalue weighted by Gasteiger charge is -2.53. The number of likely N-dealkylation sites (tertiary alicyclic amines) is 2. The predicted molar refractivity (Wildman–Crippen MR) is 103 cm³/mol. The second-order valence-electron chi connectivity index (χ2n) is 8.09. The minimum Gasteiger partial charge on any atom is -0.496 e. The Hall–Kier alpha value is -2.08. The van der Waals surface area contributed by atoms with E-state index in [1.165, 1.54) is 42.9 Å². The predicted octanol–water partition coefficient (Wildman–Crippen LogP) is 1.35. The van der Waals surface area contributed by atoms with Crippen LogP contribution in [0.3, 0.4) is 0 Å². The molecule has 3 aliphatic rings. The van der Waals surface area contributed by atoms with Crippen LogP contribution in [0.4, 0.5) is 0 Å². The van der Waals surface area contributed by atoms with Crippen molar-refractivity contribution in [2.24, 2.45) is 5.92 Å². The molecule has 2 saturated heterocycles. The number of nitrogens with zero attached hydrogens (tertiary/aromatic N) is 2. The van der Waals surface area contributed by atoms with Crippen LogP contribution < -0.4 is 10.1 Å². The molecule has 2 heterocycles. The van der Waals surface area contributed by atoms with Gasteiger partial charge in [-0.2, -0.15) is 0 Å². The molecule has 2 amide bonds. The normalized spacial score (nSPS) is 24.0. The van der Waals surface area contributed by atoms with Gasteiger partial charge in [-0.3, -0.25) is 14.5 Å². The monoisotopic (exact) mass is 371 g/mol. The number of nitrogens with one attached hydrogen (secondary N) is 1. The molecule has 0 unspecified atom stereocenters. The molecule has 0 aromatic heterocycles. The fourth-order valence-electron chi connectivity index (χ4n) is 4.87. The molecule has 2 atom stereocenters. The lowest BCUT2D eigenvalue weighted by atomic mass is 9.82. The zero-order valence-corrected chi connectivity index (χ0v) is 16.3. The quantitative estimate of drug-likeness (QED) is 0.849. The third-order valence-electron chi connectivity index (χ3n) is 6.31. The lowest BCUT2D eigenvalue weighted by Crippen LogP contribution is -2.65. The molecule has 6 nitrogen and oxygen atoms in total. The zero-order chi connectivity index (χ0) is 19.0. The van der Waals surface area contributed by atoms with Gasteiger partial charge in [0.25, 0.3) is 0 Å². The van der Waals surface area contributed by atoms with Crippen LogP contribution in [0.2, 0.25) is 0 Å². The van der Waals surface area contributed by atoms with Crippen molar-refractivity contribution < 1.29 is 14.3 Å². The maximum atomic E-state index is 12.2. The summed E-state index contributed by atoms with van der Waals surface area (Å²) in [5.41, 5.74) is 4.22. The fourth-order valence-corrected chi connectivity index (χ4v) is 4.87. The first-order valence-electron chi connectivity index (χ1n) is 10.00. The third-order valence-corrected chi connectivity index (χ3v) is 6.31. The number of amides is 2. The van der Waals surface area contributed by atoms with Gasteiger partial charge in [0.2, 0.25) is 11.8 Å². The number of ether oxygens (including phenoxy) is 1. The van der Waals surface area contributed by atoms with Crippen LogP contribution in [0.1, 0.15) is 36.5 Å². The van der Waals surface area contributed by atoms with E-state index in [-0.39, 0.29) is 18.4 Å². The highest BCUT2D eigenvalue weighted by Gasteiger charge is 2.44. The van der Waals surface area contributed by atoms with Gasteiger partial charge in [0, 0.05) is 50.6 Å². The molecule has 0 spiro atoms. The van der Waals surface area contributed by atoms with Crippen LogP contribution in [-0.4, -0.2) is 60.9 Å². The van der Waals surface area contributed by atoms with E-state index in [0.717, 1.165) is 38.3 Å². The second-order valence-corrected chi connectivity index (χ2v) is 8.09. The van der Waals surface area contributed by atoms with Crippen molar-refractivity contribution in [2.75, 3.05) is 33.3 Å². The van der Waals surface area contributed by atoms with Gasteiger partial charge >= 0.3 is 0 Å². The number of carbonyl (C=O) groups is 2. The fraction of sp³-hybridized carbons (Fsp3) is 0.619. The van der Waals surface area contributed by atoms with Crippen molar-refractivity contribution >= 4 is 11.8 Å². The van der Waals surface area contributed by atoms with Gasteiger partial charge in [0.15, 0.2) is 0 Å². The van der Waals surface area contributed by atoms with Crippen molar-refractivity contribution in [3.63, 3.8) is 0 Å². The molecular formula is C21H29N3O3. The molecule has 0 saturated carbocycles. The Bertz CT molecular complexity index is 748. The molecule has 27 heavy (non-hydrogen) atoms. The molecule has 0 radical (unpaired) electrons. The Kier molecular flexibility index (Phi) is 5.08. The summed E-state index contributed by atoms with van der Waals surface area (Å²) in [5, 5.41) is 2.61. The minimum atomic E-state index is -0.154. The number of carbonyl (C=O) groups excluding carboxylic acids is 2. The molecule has 0 bridgehead atoms. The summed E-state index contributed by atoms with van der Waals surface area (Å²) in [5.74, 6) is 1.44. The summed E-state index contributed by atoms with van der Waals surface area (Å²) in [4.78, 5) is 27.7. The number of hydrogen-bond donors (Lipinski definition) is 1. The van der Waals surface area contributed by atoms with Crippen molar-refractivity contribution in [3.8, 4) is 5.75 Å². The molecule has 4 rings (SSSR count). The highest BCUT2D eigenvalue weighted by Crippen LogP contribution is 2.35. The summed E-state index contributed by atoms with van der Waals surface area (Å²) in [6.45, 7) is 5.30. The first-order chi connectivity index (χ1) is 13.0. The third kappa shape index (κ3) is 3.68. The summed E-state index contributed by atoms with van der Waals surface area (Å²) < 4.78 is 5.65. The Morgan fingerprint density at radius 1 is 1.22 bits per heavy atom. The number of aryl methyl sites for hydroxylation is 2. The highest BCUT2D eigenvalue weighted by atomic mass is 16.5. The van der Waals surface area contributed by atoms with E-state index in [1.807, 2.05) is 4.90 Å². The largest absolute Gasteiger partial charge is 0.496 e. The van der Waals surface area contributed by atoms with Crippen LogP contribution in [0.15, 0.2) is 12.1 Å². The van der Waals surface area contributed by atoms with Gasteiger partial charge in [-0.1, -0.05) is 6.07 Å². The number of piperidine rings is 1. The molecular weight excluding hydrogens is 342 g/mol. The molecule has 6 heteroatoms. The Morgan fingerprint density at radius 3 is 2.70 bits per heavy atom. The minimum absolute atomic E-state index is 0.0418. The lowest BCUT2D eigenvalue weighted by molar-refractivity contribution is -0.148. The van der Waals surface area contributed by atoms with E-state index in [4.69, 9.17) is 4.74 Å². The number of rotatable bonds is 5. The standard InChI is InChI=1S/C21H29N3O3/c1-14(25)22-10-21(26)24-13-18-12-23(7-6-19(18)24)11-17-8-15-4-3-5-16(15)9-20(17)27-2/h8-9,18-19H,3-7,10-13H2,1-2H3,(H,22,25)/t18-,19-/m0/s1. The topological polar surface area (TPSA) is 61.9 Å². The van der Waals surface area contributed by atoms with Crippen LogP contribution in [0.25, 0.3) is 0 Å². The molecule has 1 N–H and O–H groups in total. The molecule has 2 aliphatic heterocycles. The second kappa shape index (κ2) is 7.50. The van der Waals surface area contributed by atoms with Crippen LogP contribution in [-0.2, 0) is 29.0 Å². The summed E-state index contributed by atoms with van der Waals surface area (Å²) in [6, 6.07) is 4.91. The Labute approximate surface area is 160 Å². The molecule has 146 valence electrons. The van der Waals surface area contributed by atoms with Crippen LogP contribution >= 0.6 is 0 Å². The van der Waals surface area contributed by atoms with Gasteiger partial charge in [-0.05, 0) is 42.9 Å². The van der Waals surface area contributed by atoms with Crippen LogP contribution in [0, 0.1) is 5.92 Å². The number of hydrogen-bond acceptors (Lipinski definition) is 4. The smallest absolute Gasteiger partial charge is 0.242 e. The molecule has 1 aromatic rings. The van der Waals surface area contributed by atoms with Gasteiger partial charge in [-0.15, -0.1) is 0 Å². The number of fused-ring (bicyclic) bond motifs is 2. The van der Waals surface area contributed by atoms with E-state index in [1.54, 1.807) is 7.11 Å². The van der Waals surface area contributed by atoms with E-state index >= 15 is 0 Å². The average molecular weight is 371 g/mol. The zero-order valence-electron chi connectivity index (χ0n) is 16.3. The maximum Gasteiger partial charge on any atom is 0.242 e. The van der Waals surface area contributed by atoms with Crippen molar-refractivity contribution in [1.29, 1.82) is 0 Å². The number of benzene rings is 1. The van der Waals surface area contributed by atoms with Gasteiger partial charge in [-0.25, -0.2) is 0 Å². The van der Waals surface area contributed by atoms with Crippen LogP contribution in [0.5, 0.6) is 5.75 Å². The SMILES string of the molecule is COc1cc2c(cc1CN1CC[C@H]3[C@@H](C1)CN3C(=O)CNC(C)=O)CCC2. The Balaban J connectivity index is 1.34. The Morgan fingerprint density at radius 2 is 2.00 bits per heavy atom. The van der Waals surface area contributed by atoms with Gasteiger partial charge in [0.05, 0.1) is 13.7 Å². The van der Waals surface area contributed by atoms with Crippen molar-refractivity contribution in [1.82, 2.24) is 15.1 Å². The van der Waals surface area contributed by atoms with E-state index < -0.39 is 0 Å². The number of methoxy groups -OCH3 is 1. The average Bonchev–Trinajstić information content (AvgIpc) is 3.08. The summed E-state index contributed by atoms with van der Waals surface area (Å²) in [6.07, 6.45) is 4.60. The first-order valence-corrected chi connectivity index (χ1v) is 10.00. The molecule has 1 aromatic carbocycles. The van der Waals surface area contributed by atoms with Crippen molar-refractivity contribution in [2.45, 2.75) is 45.2 Å². The van der Waals surface area contributed by atoms with Gasteiger partial charge < -0.3 is 15.0 Å². The van der Waals surface area contributed by atoms with E-state index in [9.17, 15) is 9.59 Å². The van der Waals surface area contributed by atoms with Gasteiger partial charge in [0.1, 0.15) is 5.75 Å². The van der Waals surface area contributed by atoms with E-state index in [0.29, 0.717) is 12.0 Å².